The quantitative estimate of drug-likeness (QED) is 0.555. The van der Waals surface area contributed by atoms with E-state index in [1.54, 1.807) is 29.5 Å². The lowest BCUT2D eigenvalue weighted by molar-refractivity contribution is 0.104. The van der Waals surface area contributed by atoms with Crippen LogP contribution in [0.5, 0.6) is 0 Å². The molecule has 0 spiro atoms. The summed E-state index contributed by atoms with van der Waals surface area (Å²) in [5.74, 6) is 0.0261. The van der Waals surface area contributed by atoms with Crippen molar-refractivity contribution in [1.29, 1.82) is 0 Å². The fourth-order valence-electron chi connectivity index (χ4n) is 1.98. The lowest BCUT2D eigenvalue weighted by Crippen LogP contribution is -2.01. The van der Waals surface area contributed by atoms with E-state index in [9.17, 15) is 4.79 Å². The van der Waals surface area contributed by atoms with Gasteiger partial charge in [0.1, 0.15) is 0 Å². The van der Waals surface area contributed by atoms with Crippen LogP contribution >= 0.6 is 27.3 Å². The summed E-state index contributed by atoms with van der Waals surface area (Å²) in [6, 6.07) is 13.2. The number of fused-ring (bicyclic) bond motifs is 1. The predicted octanol–water partition coefficient (Wildman–Crippen LogP) is 4.48. The summed E-state index contributed by atoms with van der Waals surface area (Å²) >= 11 is 4.94. The Hall–Kier alpha value is -1.65. The van der Waals surface area contributed by atoms with Crippen molar-refractivity contribution < 1.29 is 4.79 Å². The van der Waals surface area contributed by atoms with Crippen molar-refractivity contribution in [2.45, 2.75) is 0 Å². The molecule has 2 N–H and O–H groups in total. The number of thiophene rings is 1. The molecule has 0 aliphatic carbocycles. The molecule has 0 atom stereocenters. The number of benzene rings is 2. The topological polar surface area (TPSA) is 43.1 Å². The molecular formula is C15H10BrNOS. The van der Waals surface area contributed by atoms with Crippen molar-refractivity contribution in [3.05, 3.63) is 63.4 Å². The molecule has 2 aromatic carbocycles. The van der Waals surface area contributed by atoms with E-state index < -0.39 is 0 Å². The van der Waals surface area contributed by atoms with Crippen LogP contribution in [0, 0.1) is 0 Å². The summed E-state index contributed by atoms with van der Waals surface area (Å²) in [6.45, 7) is 0. The molecule has 0 fully saturated rings. The first-order valence-corrected chi connectivity index (χ1v) is 7.40. The van der Waals surface area contributed by atoms with E-state index in [4.69, 9.17) is 5.73 Å². The van der Waals surface area contributed by atoms with E-state index in [0.29, 0.717) is 11.3 Å². The summed E-state index contributed by atoms with van der Waals surface area (Å²) in [7, 11) is 0. The van der Waals surface area contributed by atoms with E-state index in [1.165, 1.54) is 0 Å². The second-order valence-corrected chi connectivity index (χ2v) is 5.98. The number of hydrogen-bond donors (Lipinski definition) is 1. The molecule has 1 aromatic heterocycles. The SMILES string of the molecule is Nc1ccc(C(=O)c2csc3ccccc23)cc1Br. The third-order valence-corrected chi connectivity index (χ3v) is 4.64. The van der Waals surface area contributed by atoms with Gasteiger partial charge in [-0.05, 0) is 40.2 Å². The van der Waals surface area contributed by atoms with Gasteiger partial charge in [0.05, 0.1) is 0 Å². The van der Waals surface area contributed by atoms with Crippen LogP contribution < -0.4 is 5.73 Å². The molecule has 94 valence electrons. The molecule has 3 rings (SSSR count). The van der Waals surface area contributed by atoms with Crippen LogP contribution in [0.3, 0.4) is 0 Å². The minimum Gasteiger partial charge on any atom is -0.398 e. The third kappa shape index (κ3) is 2.17. The van der Waals surface area contributed by atoms with Gasteiger partial charge in [-0.3, -0.25) is 4.79 Å². The zero-order chi connectivity index (χ0) is 13.4. The predicted molar refractivity (Wildman–Crippen MR) is 83.8 cm³/mol. The lowest BCUT2D eigenvalue weighted by atomic mass is 10.0. The first-order valence-electron chi connectivity index (χ1n) is 5.73. The number of anilines is 1. The van der Waals surface area contributed by atoms with E-state index in [1.807, 2.05) is 29.6 Å². The Balaban J connectivity index is 2.11. The van der Waals surface area contributed by atoms with Crippen molar-refractivity contribution in [1.82, 2.24) is 0 Å². The Kier molecular flexibility index (Phi) is 3.12. The summed E-state index contributed by atoms with van der Waals surface area (Å²) in [6.07, 6.45) is 0. The average Bonchev–Trinajstić information content (AvgIpc) is 2.85. The number of nitrogens with two attached hydrogens (primary N) is 1. The standard InChI is InChI=1S/C15H10BrNOS/c16-12-7-9(5-6-13(12)17)15(18)11-8-19-14-4-2-1-3-10(11)14/h1-8H,17H2. The largest absolute Gasteiger partial charge is 0.398 e. The molecule has 0 aliphatic rings. The summed E-state index contributed by atoms with van der Waals surface area (Å²) in [5.41, 5.74) is 7.76. The fraction of sp³-hybridized carbons (Fsp3) is 0. The molecule has 0 radical (unpaired) electrons. The van der Waals surface area contributed by atoms with Gasteiger partial charge in [0, 0.05) is 36.8 Å². The number of rotatable bonds is 2. The molecule has 0 saturated carbocycles. The Labute approximate surface area is 123 Å². The number of ketones is 1. The van der Waals surface area contributed by atoms with Crippen LogP contribution in [0.4, 0.5) is 5.69 Å². The fourth-order valence-corrected chi connectivity index (χ4v) is 3.30. The molecule has 4 heteroatoms. The van der Waals surface area contributed by atoms with Crippen LogP contribution in [0.15, 0.2) is 52.3 Å². The van der Waals surface area contributed by atoms with Crippen LogP contribution in [0.2, 0.25) is 0 Å². The Morgan fingerprint density at radius 2 is 1.95 bits per heavy atom. The highest BCUT2D eigenvalue weighted by atomic mass is 79.9. The van der Waals surface area contributed by atoms with E-state index in [-0.39, 0.29) is 5.78 Å². The highest BCUT2D eigenvalue weighted by Crippen LogP contribution is 2.29. The Morgan fingerprint density at radius 3 is 2.74 bits per heavy atom. The number of halogens is 1. The minimum absolute atomic E-state index is 0.0261. The van der Waals surface area contributed by atoms with Gasteiger partial charge in [-0.15, -0.1) is 11.3 Å². The smallest absolute Gasteiger partial charge is 0.194 e. The number of carbonyl (C=O) groups excluding carboxylic acids is 1. The van der Waals surface area contributed by atoms with Crippen LogP contribution in [0.1, 0.15) is 15.9 Å². The van der Waals surface area contributed by atoms with Crippen LogP contribution in [-0.2, 0) is 0 Å². The zero-order valence-corrected chi connectivity index (χ0v) is 12.3. The first kappa shape index (κ1) is 12.4. The number of carbonyl (C=O) groups is 1. The Bertz CT molecular complexity index is 779. The van der Waals surface area contributed by atoms with E-state index in [0.717, 1.165) is 20.1 Å². The van der Waals surface area contributed by atoms with Crippen molar-refractivity contribution in [2.24, 2.45) is 0 Å². The molecule has 3 aromatic rings. The normalized spacial score (nSPS) is 10.8. The molecule has 2 nitrogen and oxygen atoms in total. The van der Waals surface area contributed by atoms with Gasteiger partial charge in [-0.1, -0.05) is 18.2 Å². The summed E-state index contributed by atoms with van der Waals surface area (Å²) in [5, 5.41) is 2.92. The monoisotopic (exact) mass is 331 g/mol. The second kappa shape index (κ2) is 4.79. The zero-order valence-electron chi connectivity index (χ0n) is 9.89. The molecule has 0 saturated heterocycles. The molecule has 19 heavy (non-hydrogen) atoms. The second-order valence-electron chi connectivity index (χ2n) is 4.21. The highest BCUT2D eigenvalue weighted by Gasteiger charge is 2.14. The summed E-state index contributed by atoms with van der Waals surface area (Å²) in [4.78, 5) is 12.5. The van der Waals surface area contributed by atoms with Crippen LogP contribution in [-0.4, -0.2) is 5.78 Å². The molecule has 0 unspecified atom stereocenters. The highest BCUT2D eigenvalue weighted by molar-refractivity contribution is 9.10. The maximum Gasteiger partial charge on any atom is 0.194 e. The molecule has 0 aliphatic heterocycles. The molecule has 1 heterocycles. The minimum atomic E-state index is 0.0261. The van der Waals surface area contributed by atoms with Crippen molar-refractivity contribution in [2.75, 3.05) is 5.73 Å². The van der Waals surface area contributed by atoms with E-state index >= 15 is 0 Å². The van der Waals surface area contributed by atoms with Gasteiger partial charge in [0.2, 0.25) is 0 Å². The van der Waals surface area contributed by atoms with Gasteiger partial charge < -0.3 is 5.73 Å². The molecular weight excluding hydrogens is 322 g/mol. The first-order chi connectivity index (χ1) is 9.16. The van der Waals surface area contributed by atoms with Crippen LogP contribution in [0.25, 0.3) is 10.1 Å². The van der Waals surface area contributed by atoms with Gasteiger partial charge in [0.15, 0.2) is 5.78 Å². The van der Waals surface area contributed by atoms with E-state index in [2.05, 4.69) is 15.9 Å². The van der Waals surface area contributed by atoms with Gasteiger partial charge in [-0.2, -0.15) is 0 Å². The third-order valence-electron chi connectivity index (χ3n) is 2.99. The molecule has 0 amide bonds. The van der Waals surface area contributed by atoms with Crippen molar-refractivity contribution in [3.63, 3.8) is 0 Å². The number of hydrogen-bond acceptors (Lipinski definition) is 3. The number of nitrogen functional groups attached to an aromatic ring is 1. The summed E-state index contributed by atoms with van der Waals surface area (Å²) < 4.78 is 1.87. The Morgan fingerprint density at radius 1 is 1.16 bits per heavy atom. The average molecular weight is 332 g/mol. The maximum absolute atomic E-state index is 12.5. The lowest BCUT2D eigenvalue weighted by Gasteiger charge is -2.03. The van der Waals surface area contributed by atoms with Crippen molar-refractivity contribution >= 4 is 48.8 Å². The molecule has 0 bridgehead atoms. The van der Waals surface area contributed by atoms with Gasteiger partial charge in [0.25, 0.3) is 0 Å². The van der Waals surface area contributed by atoms with Gasteiger partial charge >= 0.3 is 0 Å². The van der Waals surface area contributed by atoms with Crippen molar-refractivity contribution in [3.8, 4) is 0 Å². The maximum atomic E-state index is 12.5. The van der Waals surface area contributed by atoms with Gasteiger partial charge in [-0.25, -0.2) is 0 Å².